The molecule has 0 amide bonds. The molecule has 0 bridgehead atoms. The van der Waals surface area contributed by atoms with Crippen LogP contribution in [0.4, 0.5) is 0 Å². The van der Waals surface area contributed by atoms with E-state index >= 15 is 0 Å². The highest BCUT2D eigenvalue weighted by molar-refractivity contribution is 6.65. The fourth-order valence-corrected chi connectivity index (χ4v) is 4.66. The van der Waals surface area contributed by atoms with Crippen molar-refractivity contribution in [1.82, 2.24) is 0 Å². The summed E-state index contributed by atoms with van der Waals surface area (Å²) in [5.41, 5.74) is 0. The largest absolute Gasteiger partial charge is 0.398 e. The van der Waals surface area contributed by atoms with Crippen LogP contribution in [-0.2, 0) is 8.85 Å². The van der Waals surface area contributed by atoms with Gasteiger partial charge in [0.1, 0.15) is 0 Å². The van der Waals surface area contributed by atoms with Crippen LogP contribution in [0.3, 0.4) is 0 Å². The highest BCUT2D eigenvalue weighted by atomic mass is 28.4. The van der Waals surface area contributed by atoms with Crippen molar-refractivity contribution in [3.63, 3.8) is 0 Å². The summed E-state index contributed by atoms with van der Waals surface area (Å²) >= 11 is 0. The minimum absolute atomic E-state index is 0.781. The second kappa shape index (κ2) is 14.8. The minimum atomic E-state index is -1.83. The van der Waals surface area contributed by atoms with Crippen LogP contribution in [0.2, 0.25) is 12.6 Å². The van der Waals surface area contributed by atoms with Crippen LogP contribution in [0.25, 0.3) is 0 Å². The Morgan fingerprint density at radius 1 is 0.857 bits per heavy atom. The number of allylic oxidation sites excluding steroid dienone is 1. The molecule has 0 aromatic carbocycles. The second-order valence-corrected chi connectivity index (χ2v) is 9.60. The Balaban J connectivity index is 3.27. The molecule has 0 fully saturated rings. The molecule has 3 heteroatoms. The summed E-state index contributed by atoms with van der Waals surface area (Å²) in [6.07, 6.45) is 16.9. The molecule has 0 spiro atoms. The monoisotopic (exact) mass is 314 g/mol. The van der Waals surface area contributed by atoms with Crippen LogP contribution < -0.4 is 0 Å². The highest BCUT2D eigenvalue weighted by Gasteiger charge is 2.28. The van der Waals surface area contributed by atoms with Crippen molar-refractivity contribution in [2.45, 2.75) is 90.1 Å². The summed E-state index contributed by atoms with van der Waals surface area (Å²) in [7, 11) is -0.0252. The maximum atomic E-state index is 5.79. The van der Waals surface area contributed by atoms with Crippen LogP contribution in [-0.4, -0.2) is 22.3 Å². The molecule has 0 aromatic rings. The van der Waals surface area contributed by atoms with Crippen molar-refractivity contribution in [2.24, 2.45) is 0 Å². The van der Waals surface area contributed by atoms with E-state index in [0.717, 1.165) is 12.7 Å². The van der Waals surface area contributed by atoms with E-state index in [1.165, 1.54) is 70.6 Å². The Kier molecular flexibility index (Phi) is 14.7. The molecular weight excluding hydrogens is 276 g/mol. The van der Waals surface area contributed by atoms with Gasteiger partial charge >= 0.3 is 8.56 Å². The molecule has 0 rings (SSSR count). The Bertz CT molecular complexity index is 233. The van der Waals surface area contributed by atoms with Gasteiger partial charge < -0.3 is 8.85 Å². The quantitative estimate of drug-likeness (QED) is 0.191. The summed E-state index contributed by atoms with van der Waals surface area (Å²) < 4.78 is 11.4. The van der Waals surface area contributed by atoms with Crippen molar-refractivity contribution < 1.29 is 8.85 Å². The van der Waals surface area contributed by atoms with E-state index in [4.69, 9.17) is 8.85 Å². The molecule has 0 aliphatic heterocycles. The molecule has 1 unspecified atom stereocenters. The molecule has 0 radical (unpaired) electrons. The SMILES string of the molecule is C=CCCCCCCCCCCCC[Si](C)(OC)OCC. The molecule has 1 atom stereocenters. The molecule has 0 saturated carbocycles. The average Bonchev–Trinajstić information content (AvgIpc) is 2.48. The molecule has 0 saturated heterocycles. The Morgan fingerprint density at radius 3 is 1.76 bits per heavy atom. The minimum Gasteiger partial charge on any atom is -0.398 e. The van der Waals surface area contributed by atoms with E-state index in [-0.39, 0.29) is 0 Å². The van der Waals surface area contributed by atoms with E-state index in [1.54, 1.807) is 7.11 Å². The molecule has 21 heavy (non-hydrogen) atoms. The van der Waals surface area contributed by atoms with E-state index in [9.17, 15) is 0 Å². The van der Waals surface area contributed by atoms with Gasteiger partial charge in [-0.1, -0.05) is 63.9 Å². The van der Waals surface area contributed by atoms with Crippen LogP contribution >= 0.6 is 0 Å². The summed E-state index contributed by atoms with van der Waals surface area (Å²) in [5.74, 6) is 0. The number of hydrogen-bond donors (Lipinski definition) is 0. The number of rotatable bonds is 16. The topological polar surface area (TPSA) is 18.5 Å². The van der Waals surface area contributed by atoms with Crippen molar-refractivity contribution in [2.75, 3.05) is 13.7 Å². The first-order valence-corrected chi connectivity index (χ1v) is 11.5. The van der Waals surface area contributed by atoms with Crippen LogP contribution in [0.15, 0.2) is 12.7 Å². The van der Waals surface area contributed by atoms with Crippen molar-refractivity contribution in [3.05, 3.63) is 12.7 Å². The van der Waals surface area contributed by atoms with Gasteiger partial charge in [-0.05, 0) is 32.4 Å². The van der Waals surface area contributed by atoms with Crippen molar-refractivity contribution in [3.8, 4) is 0 Å². The Hall–Kier alpha value is -0.123. The lowest BCUT2D eigenvalue weighted by Crippen LogP contribution is -2.37. The van der Waals surface area contributed by atoms with Crippen LogP contribution in [0.1, 0.15) is 77.6 Å². The summed E-state index contributed by atoms with van der Waals surface area (Å²) in [6.45, 7) is 8.78. The normalized spacial score (nSPS) is 14.0. The third-order valence-corrected chi connectivity index (χ3v) is 7.20. The van der Waals surface area contributed by atoms with E-state index in [0.29, 0.717) is 0 Å². The lowest BCUT2D eigenvalue weighted by Gasteiger charge is -2.24. The first kappa shape index (κ1) is 20.9. The summed E-state index contributed by atoms with van der Waals surface area (Å²) in [5, 5.41) is 0. The average molecular weight is 315 g/mol. The van der Waals surface area contributed by atoms with Crippen LogP contribution in [0.5, 0.6) is 0 Å². The van der Waals surface area contributed by atoms with Gasteiger partial charge in [-0.2, -0.15) is 0 Å². The lowest BCUT2D eigenvalue weighted by atomic mass is 10.1. The number of unbranched alkanes of at least 4 members (excludes halogenated alkanes) is 10. The predicted molar refractivity (Wildman–Crippen MR) is 96.0 cm³/mol. The van der Waals surface area contributed by atoms with E-state index < -0.39 is 8.56 Å². The molecule has 0 aromatic heterocycles. The Labute approximate surface area is 134 Å². The van der Waals surface area contributed by atoms with Gasteiger partial charge in [0.2, 0.25) is 0 Å². The first-order chi connectivity index (χ1) is 10.2. The fourth-order valence-electron chi connectivity index (χ4n) is 2.69. The molecule has 126 valence electrons. The van der Waals surface area contributed by atoms with Crippen LogP contribution in [0, 0.1) is 0 Å². The Morgan fingerprint density at radius 2 is 1.33 bits per heavy atom. The zero-order chi connectivity index (χ0) is 15.8. The predicted octanol–water partition coefficient (Wildman–Crippen LogP) is 6.22. The molecule has 2 nitrogen and oxygen atoms in total. The van der Waals surface area contributed by atoms with Gasteiger partial charge in [0.15, 0.2) is 0 Å². The maximum absolute atomic E-state index is 5.79. The molecule has 0 aliphatic rings. The molecule has 0 N–H and O–H groups in total. The number of hydrogen-bond acceptors (Lipinski definition) is 2. The third-order valence-electron chi connectivity index (χ3n) is 4.17. The summed E-state index contributed by atoms with van der Waals surface area (Å²) in [6, 6.07) is 1.14. The lowest BCUT2D eigenvalue weighted by molar-refractivity contribution is 0.214. The van der Waals surface area contributed by atoms with E-state index in [2.05, 4.69) is 20.0 Å². The first-order valence-electron chi connectivity index (χ1n) is 8.98. The maximum Gasteiger partial charge on any atom is 0.334 e. The zero-order valence-electron chi connectivity index (χ0n) is 14.8. The van der Waals surface area contributed by atoms with E-state index in [1.807, 2.05) is 6.08 Å². The standard InChI is InChI=1S/C18H38O2Si/c1-5-7-8-9-10-11-12-13-14-15-16-17-18-21(4,19-3)20-6-2/h5H,1,6-18H2,2-4H3. The molecular formula is C18H38O2Si. The van der Waals surface area contributed by atoms with Crippen molar-refractivity contribution in [1.29, 1.82) is 0 Å². The zero-order valence-corrected chi connectivity index (χ0v) is 15.8. The smallest absolute Gasteiger partial charge is 0.334 e. The van der Waals surface area contributed by atoms with Gasteiger partial charge in [-0.3, -0.25) is 0 Å². The highest BCUT2D eigenvalue weighted by Crippen LogP contribution is 2.18. The molecule has 0 aliphatic carbocycles. The summed E-state index contributed by atoms with van der Waals surface area (Å²) in [4.78, 5) is 0. The molecule has 0 heterocycles. The van der Waals surface area contributed by atoms with Gasteiger partial charge in [0.25, 0.3) is 0 Å². The fraction of sp³-hybridized carbons (Fsp3) is 0.889. The van der Waals surface area contributed by atoms with Gasteiger partial charge in [0.05, 0.1) is 0 Å². The second-order valence-electron chi connectivity index (χ2n) is 6.13. The van der Waals surface area contributed by atoms with Gasteiger partial charge in [0, 0.05) is 13.7 Å². The van der Waals surface area contributed by atoms with Gasteiger partial charge in [-0.25, -0.2) is 0 Å². The van der Waals surface area contributed by atoms with Crippen molar-refractivity contribution >= 4 is 8.56 Å². The van der Waals surface area contributed by atoms with Gasteiger partial charge in [-0.15, -0.1) is 6.58 Å². The third kappa shape index (κ3) is 13.3.